The molecule has 0 saturated heterocycles. The van der Waals surface area contributed by atoms with Gasteiger partial charge in [-0.3, -0.25) is 9.59 Å². The highest BCUT2D eigenvalue weighted by Crippen LogP contribution is 2.32. The zero-order valence-electron chi connectivity index (χ0n) is 15.7. The summed E-state index contributed by atoms with van der Waals surface area (Å²) < 4.78 is 0. The van der Waals surface area contributed by atoms with Gasteiger partial charge in [0, 0.05) is 31.5 Å². The SMILES string of the molecule is CCCNC(=O)C1CCCCC1C(=O)N(CC(C)C)CC(C)C. The summed E-state index contributed by atoms with van der Waals surface area (Å²) in [6.07, 6.45) is 4.76. The van der Waals surface area contributed by atoms with E-state index in [0.717, 1.165) is 45.2 Å². The zero-order valence-corrected chi connectivity index (χ0v) is 15.7. The number of hydrogen-bond acceptors (Lipinski definition) is 2. The lowest BCUT2D eigenvalue weighted by atomic mass is 9.77. The maximum Gasteiger partial charge on any atom is 0.226 e. The van der Waals surface area contributed by atoms with Crippen LogP contribution in [-0.2, 0) is 9.59 Å². The van der Waals surface area contributed by atoms with Crippen molar-refractivity contribution in [3.8, 4) is 0 Å². The number of carbonyl (C=O) groups is 2. The van der Waals surface area contributed by atoms with Crippen molar-refractivity contribution in [3.05, 3.63) is 0 Å². The second-order valence-corrected chi connectivity index (χ2v) is 7.82. The summed E-state index contributed by atoms with van der Waals surface area (Å²) in [4.78, 5) is 27.6. The van der Waals surface area contributed by atoms with Crippen LogP contribution in [0.3, 0.4) is 0 Å². The lowest BCUT2D eigenvalue weighted by molar-refractivity contribution is -0.144. The Bertz CT molecular complexity index is 370. The number of nitrogens with one attached hydrogen (secondary N) is 1. The Morgan fingerprint density at radius 1 is 1.00 bits per heavy atom. The average molecular weight is 325 g/mol. The van der Waals surface area contributed by atoms with Crippen LogP contribution in [0, 0.1) is 23.7 Å². The summed E-state index contributed by atoms with van der Waals surface area (Å²) in [7, 11) is 0. The molecule has 134 valence electrons. The largest absolute Gasteiger partial charge is 0.356 e. The van der Waals surface area contributed by atoms with E-state index in [1.54, 1.807) is 0 Å². The van der Waals surface area contributed by atoms with Gasteiger partial charge in [-0.05, 0) is 31.1 Å². The molecule has 0 aromatic carbocycles. The van der Waals surface area contributed by atoms with Gasteiger partial charge in [-0.15, -0.1) is 0 Å². The third-order valence-electron chi connectivity index (χ3n) is 4.45. The van der Waals surface area contributed by atoms with E-state index < -0.39 is 0 Å². The van der Waals surface area contributed by atoms with Gasteiger partial charge in [0.05, 0.1) is 0 Å². The molecule has 1 aliphatic rings. The Morgan fingerprint density at radius 3 is 2.00 bits per heavy atom. The second kappa shape index (κ2) is 9.94. The number of rotatable bonds is 8. The lowest BCUT2D eigenvalue weighted by Crippen LogP contribution is -2.47. The highest BCUT2D eigenvalue weighted by atomic mass is 16.2. The summed E-state index contributed by atoms with van der Waals surface area (Å²) in [5, 5.41) is 3.00. The van der Waals surface area contributed by atoms with Crippen LogP contribution in [0.15, 0.2) is 0 Å². The molecule has 4 heteroatoms. The molecule has 0 heterocycles. The summed E-state index contributed by atoms with van der Waals surface area (Å²) >= 11 is 0. The van der Waals surface area contributed by atoms with E-state index in [4.69, 9.17) is 0 Å². The Hall–Kier alpha value is -1.06. The molecule has 0 bridgehead atoms. The maximum absolute atomic E-state index is 13.1. The van der Waals surface area contributed by atoms with E-state index >= 15 is 0 Å². The molecule has 1 N–H and O–H groups in total. The lowest BCUT2D eigenvalue weighted by Gasteiger charge is -2.35. The number of hydrogen-bond donors (Lipinski definition) is 1. The summed E-state index contributed by atoms with van der Waals surface area (Å²) in [5.74, 6) is 0.924. The minimum absolute atomic E-state index is 0.0824. The van der Waals surface area contributed by atoms with Gasteiger partial charge in [0.1, 0.15) is 0 Å². The summed E-state index contributed by atoms with van der Waals surface area (Å²) in [5.41, 5.74) is 0. The Kier molecular flexibility index (Phi) is 8.64. The number of carbonyl (C=O) groups excluding carboxylic acids is 2. The predicted molar refractivity (Wildman–Crippen MR) is 95.0 cm³/mol. The molecular weight excluding hydrogens is 288 g/mol. The van der Waals surface area contributed by atoms with Crippen LogP contribution >= 0.6 is 0 Å². The van der Waals surface area contributed by atoms with Crippen molar-refractivity contribution in [2.24, 2.45) is 23.7 Å². The Morgan fingerprint density at radius 2 is 1.52 bits per heavy atom. The molecule has 1 fully saturated rings. The molecule has 0 spiro atoms. The van der Waals surface area contributed by atoms with E-state index in [1.165, 1.54) is 0 Å². The molecule has 2 amide bonds. The van der Waals surface area contributed by atoms with Crippen LogP contribution in [0.4, 0.5) is 0 Å². The molecular formula is C19H36N2O2. The van der Waals surface area contributed by atoms with E-state index in [-0.39, 0.29) is 23.7 Å². The standard InChI is InChI=1S/C19H36N2O2/c1-6-11-20-18(22)16-9-7-8-10-17(16)19(23)21(12-14(2)3)13-15(4)5/h14-17H,6-13H2,1-5H3,(H,20,22). The van der Waals surface area contributed by atoms with E-state index in [2.05, 4.69) is 39.9 Å². The minimum atomic E-state index is -0.135. The molecule has 0 aromatic rings. The molecule has 2 atom stereocenters. The van der Waals surface area contributed by atoms with Crippen molar-refractivity contribution in [2.45, 2.75) is 66.7 Å². The first-order valence-electron chi connectivity index (χ1n) is 9.43. The number of nitrogens with zero attached hydrogens (tertiary/aromatic N) is 1. The van der Waals surface area contributed by atoms with Crippen molar-refractivity contribution in [1.29, 1.82) is 0 Å². The summed E-state index contributed by atoms with van der Waals surface area (Å²) in [6.45, 7) is 12.9. The molecule has 23 heavy (non-hydrogen) atoms. The fourth-order valence-electron chi connectivity index (χ4n) is 3.49. The van der Waals surface area contributed by atoms with Crippen LogP contribution in [0.5, 0.6) is 0 Å². The topological polar surface area (TPSA) is 49.4 Å². The van der Waals surface area contributed by atoms with Crippen molar-refractivity contribution >= 4 is 11.8 Å². The van der Waals surface area contributed by atoms with Gasteiger partial charge >= 0.3 is 0 Å². The maximum atomic E-state index is 13.1. The van der Waals surface area contributed by atoms with Gasteiger partial charge in [-0.2, -0.15) is 0 Å². The first kappa shape index (κ1) is 20.0. The van der Waals surface area contributed by atoms with Crippen molar-refractivity contribution in [3.63, 3.8) is 0 Å². The van der Waals surface area contributed by atoms with Gasteiger partial charge < -0.3 is 10.2 Å². The normalized spacial score (nSPS) is 21.5. The van der Waals surface area contributed by atoms with Gasteiger partial charge in [0.25, 0.3) is 0 Å². The van der Waals surface area contributed by atoms with Crippen LogP contribution in [0.1, 0.15) is 66.7 Å². The predicted octanol–water partition coefficient (Wildman–Crippen LogP) is 3.46. The highest BCUT2D eigenvalue weighted by molar-refractivity contribution is 5.88. The molecule has 1 saturated carbocycles. The van der Waals surface area contributed by atoms with Gasteiger partial charge in [0.2, 0.25) is 11.8 Å². The van der Waals surface area contributed by atoms with E-state index in [0.29, 0.717) is 18.4 Å². The third kappa shape index (κ3) is 6.52. The van der Waals surface area contributed by atoms with Gasteiger partial charge in [0.15, 0.2) is 0 Å². The van der Waals surface area contributed by atoms with E-state index in [1.807, 2.05) is 4.90 Å². The second-order valence-electron chi connectivity index (χ2n) is 7.82. The number of amides is 2. The Balaban J connectivity index is 2.82. The van der Waals surface area contributed by atoms with E-state index in [9.17, 15) is 9.59 Å². The summed E-state index contributed by atoms with van der Waals surface area (Å²) in [6, 6.07) is 0. The molecule has 0 radical (unpaired) electrons. The van der Waals surface area contributed by atoms with Crippen LogP contribution in [0.25, 0.3) is 0 Å². The molecule has 2 unspecified atom stereocenters. The van der Waals surface area contributed by atoms with Crippen molar-refractivity contribution < 1.29 is 9.59 Å². The first-order chi connectivity index (χ1) is 10.9. The monoisotopic (exact) mass is 324 g/mol. The molecule has 0 aromatic heterocycles. The molecule has 0 aliphatic heterocycles. The van der Waals surface area contributed by atoms with Gasteiger partial charge in [-0.1, -0.05) is 47.5 Å². The fraction of sp³-hybridized carbons (Fsp3) is 0.895. The minimum Gasteiger partial charge on any atom is -0.356 e. The van der Waals surface area contributed by atoms with Crippen LogP contribution < -0.4 is 5.32 Å². The Labute approximate surface area is 142 Å². The first-order valence-corrected chi connectivity index (χ1v) is 9.43. The average Bonchev–Trinajstić information content (AvgIpc) is 2.50. The quantitative estimate of drug-likeness (QED) is 0.743. The fourth-order valence-corrected chi connectivity index (χ4v) is 3.49. The molecule has 1 aliphatic carbocycles. The van der Waals surface area contributed by atoms with Gasteiger partial charge in [-0.25, -0.2) is 0 Å². The molecule has 1 rings (SSSR count). The van der Waals surface area contributed by atoms with Crippen molar-refractivity contribution in [1.82, 2.24) is 10.2 Å². The van der Waals surface area contributed by atoms with Crippen molar-refractivity contribution in [2.75, 3.05) is 19.6 Å². The zero-order chi connectivity index (χ0) is 17.4. The molecule has 4 nitrogen and oxygen atoms in total. The third-order valence-corrected chi connectivity index (χ3v) is 4.45. The van der Waals surface area contributed by atoms with Crippen LogP contribution in [0.2, 0.25) is 0 Å². The smallest absolute Gasteiger partial charge is 0.226 e. The van der Waals surface area contributed by atoms with Crippen LogP contribution in [-0.4, -0.2) is 36.3 Å². The highest BCUT2D eigenvalue weighted by Gasteiger charge is 2.37.